The SMILES string of the molecule is CC1=NN(c2cccc(S(=O)(=O)O)c2)C(=Nc2ccccc2C(=O)O)C1. The third-order valence-electron chi connectivity index (χ3n) is 3.67. The fourth-order valence-corrected chi connectivity index (χ4v) is 3.05. The summed E-state index contributed by atoms with van der Waals surface area (Å²) in [4.78, 5) is 15.5. The summed E-state index contributed by atoms with van der Waals surface area (Å²) in [7, 11) is -4.36. The molecule has 1 aliphatic heterocycles. The van der Waals surface area contributed by atoms with Gasteiger partial charge in [0.25, 0.3) is 10.1 Å². The maximum atomic E-state index is 11.4. The van der Waals surface area contributed by atoms with Gasteiger partial charge in [-0.2, -0.15) is 13.5 Å². The van der Waals surface area contributed by atoms with Gasteiger partial charge in [-0.1, -0.05) is 18.2 Å². The topological polar surface area (TPSA) is 120 Å². The number of para-hydroxylation sites is 1. The fourth-order valence-electron chi connectivity index (χ4n) is 2.53. The van der Waals surface area contributed by atoms with E-state index in [1.165, 1.54) is 29.3 Å². The minimum absolute atomic E-state index is 0.0520. The first kappa shape index (κ1) is 17.8. The molecule has 2 aromatic carbocycles. The van der Waals surface area contributed by atoms with Gasteiger partial charge in [0.2, 0.25) is 0 Å². The van der Waals surface area contributed by atoms with E-state index in [9.17, 15) is 22.9 Å². The maximum absolute atomic E-state index is 11.4. The van der Waals surface area contributed by atoms with Crippen LogP contribution in [0.4, 0.5) is 11.4 Å². The van der Waals surface area contributed by atoms with E-state index in [1.807, 2.05) is 0 Å². The molecule has 2 aromatic rings. The number of aromatic carboxylic acids is 1. The van der Waals surface area contributed by atoms with Crippen molar-refractivity contribution < 1.29 is 22.9 Å². The van der Waals surface area contributed by atoms with Crippen LogP contribution in [0.1, 0.15) is 23.7 Å². The van der Waals surface area contributed by atoms with Crippen molar-refractivity contribution in [3.8, 4) is 0 Å². The van der Waals surface area contributed by atoms with Gasteiger partial charge in [0.1, 0.15) is 5.84 Å². The van der Waals surface area contributed by atoms with E-state index in [-0.39, 0.29) is 16.1 Å². The Kier molecular flexibility index (Phi) is 4.58. The molecule has 0 radical (unpaired) electrons. The Morgan fingerprint density at radius 1 is 1.19 bits per heavy atom. The van der Waals surface area contributed by atoms with E-state index in [1.54, 1.807) is 31.2 Å². The predicted octanol–water partition coefficient (Wildman–Crippen LogP) is 2.95. The minimum Gasteiger partial charge on any atom is -0.478 e. The van der Waals surface area contributed by atoms with Crippen LogP contribution in [0, 0.1) is 0 Å². The van der Waals surface area contributed by atoms with Gasteiger partial charge in [-0.25, -0.2) is 14.8 Å². The number of rotatable bonds is 4. The van der Waals surface area contributed by atoms with Gasteiger partial charge in [0.05, 0.1) is 21.8 Å². The second-order valence-electron chi connectivity index (χ2n) is 5.65. The average Bonchev–Trinajstić information content (AvgIpc) is 2.95. The zero-order valence-electron chi connectivity index (χ0n) is 13.7. The molecular weight excluding hydrogens is 358 g/mol. The zero-order valence-corrected chi connectivity index (χ0v) is 14.5. The normalized spacial score (nSPS) is 16.0. The molecule has 1 aliphatic rings. The van der Waals surface area contributed by atoms with Crippen LogP contribution in [0.25, 0.3) is 0 Å². The van der Waals surface area contributed by atoms with E-state index in [0.717, 1.165) is 5.71 Å². The summed E-state index contributed by atoms with van der Waals surface area (Å²) < 4.78 is 32.0. The molecule has 3 rings (SSSR count). The Bertz CT molecular complexity index is 1040. The first-order valence-corrected chi connectivity index (χ1v) is 9.01. The Hall–Kier alpha value is -3.04. The highest BCUT2D eigenvalue weighted by Gasteiger charge is 2.23. The van der Waals surface area contributed by atoms with Crippen LogP contribution in [-0.4, -0.2) is 35.6 Å². The second-order valence-corrected chi connectivity index (χ2v) is 7.07. The summed E-state index contributed by atoms with van der Waals surface area (Å²) in [6.45, 7) is 1.78. The third kappa shape index (κ3) is 3.63. The van der Waals surface area contributed by atoms with Gasteiger partial charge in [-0.05, 0) is 37.3 Å². The fraction of sp³-hybridized carbons (Fsp3) is 0.118. The molecule has 0 unspecified atom stereocenters. The summed E-state index contributed by atoms with van der Waals surface area (Å²) in [5, 5.41) is 15.1. The molecular formula is C17H15N3O5S. The number of anilines is 1. The van der Waals surface area contributed by atoms with Crippen molar-refractivity contribution in [3.05, 3.63) is 54.1 Å². The van der Waals surface area contributed by atoms with Crippen LogP contribution < -0.4 is 5.01 Å². The molecule has 0 bridgehead atoms. The van der Waals surface area contributed by atoms with E-state index in [2.05, 4.69) is 10.1 Å². The van der Waals surface area contributed by atoms with Crippen LogP contribution in [0.15, 0.2) is 63.5 Å². The first-order valence-electron chi connectivity index (χ1n) is 7.57. The average molecular weight is 373 g/mol. The largest absolute Gasteiger partial charge is 0.478 e. The van der Waals surface area contributed by atoms with Crippen molar-refractivity contribution in [1.82, 2.24) is 0 Å². The Balaban J connectivity index is 2.06. The molecule has 0 saturated heterocycles. The number of benzene rings is 2. The molecule has 26 heavy (non-hydrogen) atoms. The Morgan fingerprint density at radius 3 is 2.62 bits per heavy atom. The molecule has 9 heteroatoms. The van der Waals surface area contributed by atoms with Crippen LogP contribution in [0.3, 0.4) is 0 Å². The number of carboxylic acids is 1. The quantitative estimate of drug-likeness (QED) is 0.795. The van der Waals surface area contributed by atoms with Crippen molar-refractivity contribution in [2.24, 2.45) is 10.1 Å². The molecule has 0 spiro atoms. The lowest BCUT2D eigenvalue weighted by Crippen LogP contribution is -2.20. The number of nitrogens with zero attached hydrogens (tertiary/aromatic N) is 3. The second kappa shape index (κ2) is 6.70. The standard InChI is InChI=1S/C17H15N3O5S/c1-11-9-16(18-15-8-3-2-7-14(15)17(21)22)20(19-11)12-5-4-6-13(10-12)26(23,24)25/h2-8,10H,9H2,1H3,(H,21,22)(H,23,24,25). The number of hydrogen-bond donors (Lipinski definition) is 2. The first-order chi connectivity index (χ1) is 12.3. The van der Waals surface area contributed by atoms with Crippen molar-refractivity contribution >= 4 is 39.0 Å². The van der Waals surface area contributed by atoms with E-state index < -0.39 is 16.1 Å². The van der Waals surface area contributed by atoms with Gasteiger partial charge in [0, 0.05) is 12.1 Å². The van der Waals surface area contributed by atoms with E-state index >= 15 is 0 Å². The van der Waals surface area contributed by atoms with Crippen LogP contribution in [0.5, 0.6) is 0 Å². The van der Waals surface area contributed by atoms with Gasteiger partial charge < -0.3 is 5.11 Å². The third-order valence-corrected chi connectivity index (χ3v) is 4.52. The predicted molar refractivity (Wildman–Crippen MR) is 97.0 cm³/mol. The molecule has 1 heterocycles. The molecule has 0 saturated carbocycles. The molecule has 0 fully saturated rings. The van der Waals surface area contributed by atoms with Gasteiger partial charge in [-0.15, -0.1) is 0 Å². The van der Waals surface area contributed by atoms with Crippen LogP contribution in [0.2, 0.25) is 0 Å². The Morgan fingerprint density at radius 2 is 1.92 bits per heavy atom. The smallest absolute Gasteiger partial charge is 0.337 e. The van der Waals surface area contributed by atoms with Crippen molar-refractivity contribution in [2.45, 2.75) is 18.2 Å². The zero-order chi connectivity index (χ0) is 18.9. The molecule has 8 nitrogen and oxygen atoms in total. The number of carboxylic acid groups (broad SMARTS) is 1. The van der Waals surface area contributed by atoms with E-state index in [4.69, 9.17) is 0 Å². The van der Waals surface area contributed by atoms with Crippen LogP contribution >= 0.6 is 0 Å². The van der Waals surface area contributed by atoms with Crippen molar-refractivity contribution in [1.29, 1.82) is 0 Å². The summed E-state index contributed by atoms with van der Waals surface area (Å²) in [6.07, 6.45) is 0.379. The lowest BCUT2D eigenvalue weighted by atomic mass is 10.2. The lowest BCUT2D eigenvalue weighted by Gasteiger charge is -2.16. The monoisotopic (exact) mass is 373 g/mol. The summed E-state index contributed by atoms with van der Waals surface area (Å²) in [5.74, 6) is -0.649. The maximum Gasteiger partial charge on any atom is 0.337 e. The summed E-state index contributed by atoms with van der Waals surface area (Å²) >= 11 is 0. The molecule has 2 N–H and O–H groups in total. The number of carbonyl (C=O) groups is 1. The lowest BCUT2D eigenvalue weighted by molar-refractivity contribution is 0.0698. The van der Waals surface area contributed by atoms with E-state index in [0.29, 0.717) is 17.9 Å². The summed E-state index contributed by atoms with van der Waals surface area (Å²) in [5.41, 5.74) is 1.45. The molecule has 0 aromatic heterocycles. The van der Waals surface area contributed by atoms with Gasteiger partial charge in [0.15, 0.2) is 0 Å². The number of aliphatic imine (C=N–C) groups is 1. The van der Waals surface area contributed by atoms with Crippen molar-refractivity contribution in [2.75, 3.05) is 5.01 Å². The van der Waals surface area contributed by atoms with Gasteiger partial charge in [-0.3, -0.25) is 4.55 Å². The summed E-state index contributed by atoms with van der Waals surface area (Å²) in [6, 6.07) is 12.0. The Labute approximate surface area is 149 Å². The highest BCUT2D eigenvalue weighted by Crippen LogP contribution is 2.27. The highest BCUT2D eigenvalue weighted by molar-refractivity contribution is 7.85. The number of hydrazone groups is 1. The molecule has 0 atom stereocenters. The number of hydrogen-bond acceptors (Lipinski definition) is 5. The van der Waals surface area contributed by atoms with Gasteiger partial charge >= 0.3 is 5.97 Å². The molecule has 0 aliphatic carbocycles. The minimum atomic E-state index is -4.36. The van der Waals surface area contributed by atoms with Crippen LogP contribution in [-0.2, 0) is 10.1 Å². The molecule has 0 amide bonds. The number of amidine groups is 1. The van der Waals surface area contributed by atoms with Crippen molar-refractivity contribution in [3.63, 3.8) is 0 Å². The molecule has 134 valence electrons. The highest BCUT2D eigenvalue weighted by atomic mass is 32.2.